The molecule has 0 bridgehead atoms. The summed E-state index contributed by atoms with van der Waals surface area (Å²) in [5, 5.41) is 23.4. The van der Waals surface area contributed by atoms with E-state index in [4.69, 9.17) is 9.84 Å². The number of thiazole rings is 2. The molecule has 0 radical (unpaired) electrons. The van der Waals surface area contributed by atoms with Gasteiger partial charge in [0.15, 0.2) is 5.69 Å². The Balaban J connectivity index is 1.58. The summed E-state index contributed by atoms with van der Waals surface area (Å²) in [6.07, 6.45) is 0. The van der Waals surface area contributed by atoms with Crippen LogP contribution in [0.3, 0.4) is 0 Å². The van der Waals surface area contributed by atoms with Gasteiger partial charge in [-0.2, -0.15) is 4.68 Å². The first-order chi connectivity index (χ1) is 17.8. The molecule has 0 atom stereocenters. The van der Waals surface area contributed by atoms with Crippen LogP contribution in [0.2, 0.25) is 0 Å². The SMILES string of the molecule is COc1cccc(-c2[nH]n(-c3nc(-c4ccc(C(=O)O)cc4)cs3)c(=O)c2N=Nc2nc(C)c(C)s2)c1. The topological polar surface area (TPSA) is 135 Å². The van der Waals surface area contributed by atoms with Crippen LogP contribution >= 0.6 is 22.7 Å². The van der Waals surface area contributed by atoms with Crippen molar-refractivity contribution in [3.8, 4) is 33.4 Å². The van der Waals surface area contributed by atoms with Gasteiger partial charge in [0.1, 0.15) is 5.75 Å². The predicted molar refractivity (Wildman–Crippen MR) is 142 cm³/mol. The van der Waals surface area contributed by atoms with Crippen molar-refractivity contribution in [2.24, 2.45) is 10.2 Å². The largest absolute Gasteiger partial charge is 0.497 e. The number of carboxylic acids is 1. The van der Waals surface area contributed by atoms with Crippen LogP contribution in [0, 0.1) is 13.8 Å². The lowest BCUT2D eigenvalue weighted by molar-refractivity contribution is 0.0697. The van der Waals surface area contributed by atoms with Crippen molar-refractivity contribution < 1.29 is 14.6 Å². The maximum Gasteiger partial charge on any atom is 0.335 e. The first kappa shape index (κ1) is 24.3. The highest BCUT2D eigenvalue weighted by Crippen LogP contribution is 2.32. The molecule has 186 valence electrons. The predicted octanol–water partition coefficient (Wildman–Crippen LogP) is 6.15. The van der Waals surface area contributed by atoms with Gasteiger partial charge in [0, 0.05) is 21.4 Å². The van der Waals surface area contributed by atoms with Crippen molar-refractivity contribution >= 4 is 39.5 Å². The smallest absolute Gasteiger partial charge is 0.335 e. The number of hydrogen-bond donors (Lipinski definition) is 2. The number of methoxy groups -OCH3 is 1. The fraction of sp³-hybridized carbons (Fsp3) is 0.120. The Morgan fingerprint density at radius 2 is 1.86 bits per heavy atom. The van der Waals surface area contributed by atoms with Crippen LogP contribution in [0.25, 0.3) is 27.6 Å². The molecule has 0 saturated heterocycles. The Bertz CT molecular complexity index is 1680. The van der Waals surface area contributed by atoms with Crippen LogP contribution in [-0.2, 0) is 0 Å². The Morgan fingerprint density at radius 3 is 2.54 bits per heavy atom. The molecule has 0 aliphatic rings. The Hall–Kier alpha value is -4.42. The van der Waals surface area contributed by atoms with Gasteiger partial charge >= 0.3 is 11.5 Å². The minimum atomic E-state index is -1.00. The summed E-state index contributed by atoms with van der Waals surface area (Å²) in [5.74, 6) is -0.375. The van der Waals surface area contributed by atoms with E-state index in [1.807, 2.05) is 32.0 Å². The molecular weight excluding hydrogens is 512 g/mol. The second-order valence-electron chi connectivity index (χ2n) is 7.94. The number of carbonyl (C=O) groups is 1. The third-order valence-corrected chi connectivity index (χ3v) is 7.37. The van der Waals surface area contributed by atoms with Gasteiger partial charge in [0.05, 0.1) is 29.8 Å². The van der Waals surface area contributed by atoms with E-state index >= 15 is 0 Å². The number of nitrogens with one attached hydrogen (secondary N) is 1. The number of rotatable bonds is 7. The zero-order valence-electron chi connectivity index (χ0n) is 19.9. The summed E-state index contributed by atoms with van der Waals surface area (Å²) in [6, 6.07) is 13.6. The molecule has 0 spiro atoms. The van der Waals surface area contributed by atoms with Gasteiger partial charge in [-0.15, -0.1) is 21.6 Å². The fourth-order valence-electron chi connectivity index (χ4n) is 3.51. The number of aromatic nitrogens is 4. The molecule has 0 fully saturated rings. The number of aryl methyl sites for hydroxylation is 2. The lowest BCUT2D eigenvalue weighted by Gasteiger charge is -2.03. The van der Waals surface area contributed by atoms with Gasteiger partial charge < -0.3 is 9.84 Å². The lowest BCUT2D eigenvalue weighted by Crippen LogP contribution is -2.13. The quantitative estimate of drug-likeness (QED) is 0.241. The summed E-state index contributed by atoms with van der Waals surface area (Å²) in [7, 11) is 1.57. The summed E-state index contributed by atoms with van der Waals surface area (Å²) in [4.78, 5) is 34.7. The average Bonchev–Trinajstić information content (AvgIpc) is 3.60. The van der Waals surface area contributed by atoms with E-state index in [0.29, 0.717) is 33.0 Å². The van der Waals surface area contributed by atoms with Crippen molar-refractivity contribution in [1.29, 1.82) is 0 Å². The summed E-state index contributed by atoms with van der Waals surface area (Å²) < 4.78 is 6.67. The fourth-order valence-corrected chi connectivity index (χ4v) is 5.03. The van der Waals surface area contributed by atoms with Crippen LogP contribution in [0.15, 0.2) is 68.9 Å². The van der Waals surface area contributed by atoms with E-state index in [-0.39, 0.29) is 11.3 Å². The number of aromatic carboxylic acids is 1. The van der Waals surface area contributed by atoms with Crippen molar-refractivity contribution in [3.05, 3.63) is 80.4 Å². The first-order valence-electron chi connectivity index (χ1n) is 11.0. The number of benzene rings is 2. The van der Waals surface area contributed by atoms with Gasteiger partial charge in [-0.05, 0) is 38.1 Å². The normalized spacial score (nSPS) is 11.3. The van der Waals surface area contributed by atoms with Crippen molar-refractivity contribution in [1.82, 2.24) is 19.7 Å². The zero-order valence-corrected chi connectivity index (χ0v) is 21.6. The molecule has 12 heteroatoms. The average molecular weight is 533 g/mol. The lowest BCUT2D eigenvalue weighted by atomic mass is 10.1. The molecule has 3 heterocycles. The molecule has 5 aromatic rings. The van der Waals surface area contributed by atoms with Crippen molar-refractivity contribution in [3.63, 3.8) is 0 Å². The highest BCUT2D eigenvalue weighted by atomic mass is 32.1. The number of aromatic amines is 1. The van der Waals surface area contributed by atoms with E-state index < -0.39 is 11.5 Å². The van der Waals surface area contributed by atoms with E-state index in [1.165, 1.54) is 39.5 Å². The Kier molecular flexibility index (Phi) is 6.51. The van der Waals surface area contributed by atoms with Gasteiger partial charge in [-0.1, -0.05) is 35.6 Å². The van der Waals surface area contributed by atoms with Crippen LogP contribution in [0.4, 0.5) is 10.8 Å². The van der Waals surface area contributed by atoms with Crippen molar-refractivity contribution in [2.45, 2.75) is 13.8 Å². The maximum absolute atomic E-state index is 13.5. The van der Waals surface area contributed by atoms with Crippen LogP contribution < -0.4 is 10.3 Å². The molecule has 3 aromatic heterocycles. The molecule has 2 N–H and O–H groups in total. The molecule has 0 amide bonds. The monoisotopic (exact) mass is 532 g/mol. The molecule has 10 nitrogen and oxygen atoms in total. The molecule has 0 aliphatic carbocycles. The number of ether oxygens (including phenoxy) is 1. The number of hydrogen-bond acceptors (Lipinski definition) is 9. The summed E-state index contributed by atoms with van der Waals surface area (Å²) >= 11 is 2.66. The van der Waals surface area contributed by atoms with Gasteiger partial charge in [0.2, 0.25) is 10.3 Å². The van der Waals surface area contributed by atoms with Gasteiger partial charge in [-0.3, -0.25) is 9.89 Å². The highest BCUT2D eigenvalue weighted by Gasteiger charge is 2.20. The molecule has 5 rings (SSSR count). The number of nitrogens with zero attached hydrogens (tertiary/aromatic N) is 5. The van der Waals surface area contributed by atoms with Crippen molar-refractivity contribution in [2.75, 3.05) is 7.11 Å². The third-order valence-electron chi connectivity index (χ3n) is 5.59. The summed E-state index contributed by atoms with van der Waals surface area (Å²) in [6.45, 7) is 3.84. The van der Waals surface area contributed by atoms with Gasteiger partial charge in [-0.25, -0.2) is 14.8 Å². The molecule has 37 heavy (non-hydrogen) atoms. The first-order valence-corrected chi connectivity index (χ1v) is 12.7. The van der Waals surface area contributed by atoms with E-state index in [2.05, 4.69) is 25.3 Å². The highest BCUT2D eigenvalue weighted by molar-refractivity contribution is 7.15. The second kappa shape index (κ2) is 9.91. The van der Waals surface area contributed by atoms with E-state index in [0.717, 1.165) is 16.1 Å². The van der Waals surface area contributed by atoms with Crippen LogP contribution in [0.1, 0.15) is 20.9 Å². The molecule has 0 aliphatic heterocycles. The third kappa shape index (κ3) is 4.84. The Labute approximate surface area is 218 Å². The zero-order chi connectivity index (χ0) is 26.1. The molecule has 2 aromatic carbocycles. The number of H-pyrrole nitrogens is 1. The number of carboxylic acid groups (broad SMARTS) is 1. The minimum absolute atomic E-state index is 0.112. The molecule has 0 saturated carbocycles. The second-order valence-corrected chi connectivity index (χ2v) is 9.96. The van der Waals surface area contributed by atoms with E-state index in [1.54, 1.807) is 30.7 Å². The maximum atomic E-state index is 13.5. The van der Waals surface area contributed by atoms with Gasteiger partial charge in [0.25, 0.3) is 0 Å². The van der Waals surface area contributed by atoms with E-state index in [9.17, 15) is 9.59 Å². The standard InChI is InChI=1S/C25H20N6O4S2/c1-13-14(2)37-24(26-13)29-28-21-20(17-5-4-6-18(11-17)35-3)30-31(22(21)32)25-27-19(12-36-25)15-7-9-16(10-8-15)23(33)34/h4-12,30H,1-3H3,(H,33,34). The molecule has 0 unspecified atom stereocenters. The Morgan fingerprint density at radius 1 is 1.08 bits per heavy atom. The number of azo groups is 1. The van der Waals surface area contributed by atoms with Crippen LogP contribution in [-0.4, -0.2) is 37.9 Å². The minimum Gasteiger partial charge on any atom is -0.497 e. The summed E-state index contributed by atoms with van der Waals surface area (Å²) in [5.41, 5.74) is 3.23. The molecular formula is C25H20N6O4S2. The van der Waals surface area contributed by atoms with Crippen LogP contribution in [0.5, 0.6) is 5.75 Å².